The smallest absolute Gasteiger partial charge is 0.149 e. The van der Waals surface area contributed by atoms with E-state index in [-0.39, 0.29) is 0 Å². The van der Waals surface area contributed by atoms with Crippen LogP contribution >= 0.6 is 34.7 Å². The molecule has 1 aliphatic rings. The van der Waals surface area contributed by atoms with Crippen LogP contribution < -0.4 is 0 Å². The van der Waals surface area contributed by atoms with Gasteiger partial charge in [0.2, 0.25) is 0 Å². The lowest BCUT2D eigenvalue weighted by Gasteiger charge is -2.03. The summed E-state index contributed by atoms with van der Waals surface area (Å²) in [6.07, 6.45) is 2.09. The number of aryl methyl sites for hydroxylation is 2. The molecule has 3 rings (SSSR count). The van der Waals surface area contributed by atoms with E-state index in [9.17, 15) is 0 Å². The van der Waals surface area contributed by atoms with Crippen LogP contribution in [-0.4, -0.2) is 16.0 Å². The van der Waals surface area contributed by atoms with Crippen molar-refractivity contribution in [2.24, 2.45) is 0 Å². The van der Waals surface area contributed by atoms with Crippen molar-refractivity contribution >= 4 is 34.7 Å². The summed E-state index contributed by atoms with van der Waals surface area (Å²) < 4.78 is 1.37. The van der Waals surface area contributed by atoms with Crippen LogP contribution in [-0.2, 0) is 12.8 Å². The molecule has 0 aliphatic carbocycles. The molecule has 0 spiro atoms. The maximum Gasteiger partial charge on any atom is 0.152 e. The molecule has 5 heteroatoms. The highest BCUT2D eigenvalue weighted by molar-refractivity contribution is 8.01. The maximum atomic E-state index is 5.91. The van der Waals surface area contributed by atoms with E-state index < -0.39 is 0 Å². The summed E-state index contributed by atoms with van der Waals surface area (Å²) in [6, 6.07) is 4.20. The first-order valence-corrected chi connectivity index (χ1v) is 7.74. The average molecular weight is 283 g/mol. The van der Waals surface area contributed by atoms with Crippen LogP contribution in [0, 0.1) is 0 Å². The molecule has 0 N–H and O–H groups in total. The Morgan fingerprint density at radius 2 is 2.24 bits per heavy atom. The van der Waals surface area contributed by atoms with Gasteiger partial charge in [-0.3, -0.25) is 0 Å². The fourth-order valence-corrected chi connectivity index (χ4v) is 4.56. The molecular formula is C12H11ClN2S2. The van der Waals surface area contributed by atoms with Crippen LogP contribution in [0.3, 0.4) is 0 Å². The molecule has 0 amide bonds. The second-order valence-electron chi connectivity index (χ2n) is 3.91. The number of thiophene rings is 1. The van der Waals surface area contributed by atoms with Gasteiger partial charge in [0, 0.05) is 16.2 Å². The summed E-state index contributed by atoms with van der Waals surface area (Å²) >= 11 is 9.71. The second-order valence-corrected chi connectivity index (χ2v) is 6.79. The number of hydrogen-bond donors (Lipinski definition) is 0. The Morgan fingerprint density at radius 3 is 3.06 bits per heavy atom. The van der Waals surface area contributed by atoms with E-state index in [1.807, 2.05) is 29.2 Å². The van der Waals surface area contributed by atoms with Gasteiger partial charge in [-0.05, 0) is 30.5 Å². The molecule has 0 atom stereocenters. The molecule has 0 unspecified atom stereocenters. The van der Waals surface area contributed by atoms with Crippen molar-refractivity contribution in [1.29, 1.82) is 0 Å². The SMILES string of the molecule is CCc1cc2c(s1)SCCc1cc(Cl)nnc1-2. The molecule has 0 bridgehead atoms. The zero-order chi connectivity index (χ0) is 11.8. The van der Waals surface area contributed by atoms with Crippen LogP contribution in [0.2, 0.25) is 5.15 Å². The summed E-state index contributed by atoms with van der Waals surface area (Å²) in [7, 11) is 0. The lowest BCUT2D eigenvalue weighted by Crippen LogP contribution is -1.95. The number of nitrogens with zero attached hydrogens (tertiary/aromatic N) is 2. The maximum absolute atomic E-state index is 5.91. The Hall–Kier alpha value is -0.580. The molecule has 0 saturated carbocycles. The Balaban J connectivity index is 2.19. The van der Waals surface area contributed by atoms with E-state index in [1.54, 1.807) is 0 Å². The van der Waals surface area contributed by atoms with Gasteiger partial charge in [0.15, 0.2) is 5.15 Å². The van der Waals surface area contributed by atoms with Crippen LogP contribution in [0.5, 0.6) is 0 Å². The van der Waals surface area contributed by atoms with Gasteiger partial charge in [-0.2, -0.15) is 0 Å². The molecule has 17 heavy (non-hydrogen) atoms. The van der Waals surface area contributed by atoms with E-state index >= 15 is 0 Å². The highest BCUT2D eigenvalue weighted by Gasteiger charge is 2.19. The zero-order valence-corrected chi connectivity index (χ0v) is 11.8. The molecule has 3 heterocycles. The Labute approximate surface area is 113 Å². The normalized spacial score (nSPS) is 14.0. The highest BCUT2D eigenvalue weighted by atomic mass is 35.5. The van der Waals surface area contributed by atoms with Crippen LogP contribution in [0.1, 0.15) is 17.4 Å². The minimum absolute atomic E-state index is 0.489. The third-order valence-electron chi connectivity index (χ3n) is 2.80. The highest BCUT2D eigenvalue weighted by Crippen LogP contribution is 2.42. The largest absolute Gasteiger partial charge is 0.152 e. The van der Waals surface area contributed by atoms with Crippen LogP contribution in [0.4, 0.5) is 0 Å². The minimum Gasteiger partial charge on any atom is -0.149 e. The fourth-order valence-electron chi connectivity index (χ4n) is 1.94. The van der Waals surface area contributed by atoms with E-state index in [2.05, 4.69) is 23.2 Å². The Bertz CT molecular complexity index is 566. The van der Waals surface area contributed by atoms with Crippen molar-refractivity contribution in [3.63, 3.8) is 0 Å². The van der Waals surface area contributed by atoms with Crippen molar-refractivity contribution in [3.05, 3.63) is 27.7 Å². The lowest BCUT2D eigenvalue weighted by molar-refractivity contribution is 0.997. The second kappa shape index (κ2) is 4.59. The van der Waals surface area contributed by atoms with Crippen LogP contribution in [0.25, 0.3) is 11.3 Å². The first-order valence-electron chi connectivity index (χ1n) is 5.56. The first-order chi connectivity index (χ1) is 8.28. The summed E-state index contributed by atoms with van der Waals surface area (Å²) in [5.74, 6) is 1.09. The van der Waals surface area contributed by atoms with Crippen molar-refractivity contribution in [2.45, 2.75) is 24.0 Å². The third-order valence-corrected chi connectivity index (χ3v) is 5.55. The number of fused-ring (bicyclic) bond motifs is 3. The lowest BCUT2D eigenvalue weighted by atomic mass is 10.1. The topological polar surface area (TPSA) is 25.8 Å². The van der Waals surface area contributed by atoms with Gasteiger partial charge in [0.05, 0.1) is 9.90 Å². The molecular weight excluding hydrogens is 272 g/mol. The van der Waals surface area contributed by atoms with Crippen molar-refractivity contribution in [1.82, 2.24) is 10.2 Å². The molecule has 2 nitrogen and oxygen atoms in total. The number of rotatable bonds is 1. The van der Waals surface area contributed by atoms with Gasteiger partial charge in [-0.15, -0.1) is 33.3 Å². The summed E-state index contributed by atoms with van der Waals surface area (Å²) in [6.45, 7) is 2.18. The van der Waals surface area contributed by atoms with Gasteiger partial charge in [0.25, 0.3) is 0 Å². The van der Waals surface area contributed by atoms with E-state index in [0.29, 0.717) is 5.15 Å². The number of hydrogen-bond acceptors (Lipinski definition) is 4. The molecule has 0 aromatic carbocycles. The fraction of sp³-hybridized carbons (Fsp3) is 0.333. The minimum atomic E-state index is 0.489. The van der Waals surface area contributed by atoms with Crippen molar-refractivity contribution in [2.75, 3.05) is 5.75 Å². The first kappa shape index (κ1) is 11.5. The zero-order valence-electron chi connectivity index (χ0n) is 9.36. The molecule has 2 aromatic heterocycles. The number of aromatic nitrogens is 2. The van der Waals surface area contributed by atoms with E-state index in [4.69, 9.17) is 11.6 Å². The third kappa shape index (κ3) is 2.09. The van der Waals surface area contributed by atoms with Gasteiger partial charge in [-0.25, -0.2) is 0 Å². The summed E-state index contributed by atoms with van der Waals surface area (Å²) in [5, 5.41) is 8.75. The molecule has 88 valence electrons. The quantitative estimate of drug-likeness (QED) is 0.788. The molecule has 0 fully saturated rings. The molecule has 2 aromatic rings. The summed E-state index contributed by atoms with van der Waals surface area (Å²) in [5.41, 5.74) is 3.48. The molecule has 0 radical (unpaired) electrons. The van der Waals surface area contributed by atoms with E-state index in [0.717, 1.165) is 24.3 Å². The molecule has 0 saturated heterocycles. The number of thioether (sulfide) groups is 1. The monoisotopic (exact) mass is 282 g/mol. The van der Waals surface area contributed by atoms with Gasteiger partial charge in [0.1, 0.15) is 0 Å². The Kier molecular flexibility index (Phi) is 3.11. The van der Waals surface area contributed by atoms with Crippen molar-refractivity contribution < 1.29 is 0 Å². The van der Waals surface area contributed by atoms with Gasteiger partial charge >= 0.3 is 0 Å². The Morgan fingerprint density at radius 1 is 1.35 bits per heavy atom. The standard InChI is InChI=1S/C12H11ClN2S2/c1-2-8-6-9-11-7(5-10(13)14-15-11)3-4-16-12(9)17-8/h5-6H,2-4H2,1H3. The summed E-state index contributed by atoms with van der Waals surface area (Å²) in [4.78, 5) is 1.41. The average Bonchev–Trinajstić information content (AvgIpc) is 2.66. The van der Waals surface area contributed by atoms with E-state index in [1.165, 1.54) is 20.2 Å². The van der Waals surface area contributed by atoms with Gasteiger partial charge in [-0.1, -0.05) is 18.5 Å². The van der Waals surface area contributed by atoms with Crippen molar-refractivity contribution in [3.8, 4) is 11.3 Å². The molecule has 1 aliphatic heterocycles. The van der Waals surface area contributed by atoms with Gasteiger partial charge < -0.3 is 0 Å². The van der Waals surface area contributed by atoms with Crippen LogP contribution in [0.15, 0.2) is 16.3 Å². The number of halogens is 1. The predicted octanol–water partition coefficient (Wildman–Crippen LogP) is 4.07. The predicted molar refractivity (Wildman–Crippen MR) is 74.2 cm³/mol.